The molecule has 3 aromatic carbocycles. The minimum absolute atomic E-state index is 0.0124. The minimum Gasteiger partial charge on any atom is -0.463 e. The molecule has 0 bridgehead atoms. The molecule has 1 amide bonds. The number of carbonyl (C=O) groups excluding carboxylic acids is 1. The summed E-state index contributed by atoms with van der Waals surface area (Å²) < 4.78 is 59.8. The average molecular weight is 629 g/mol. The summed E-state index contributed by atoms with van der Waals surface area (Å²) in [5.74, 6) is -3.01. The standard InChI is InChI=1S/C29H30F2N6O6S/c1-35-8-10-36(11-9-35)20-3-5-23(25(16-20)32-7-12-43-2)28(38)33-27-24-17-21(4-6-26(24)37(34-27)29(39)40)44(41,42)22-14-18(30)13-19(31)15-22/h3-6,13-17,32H,7-12H2,1-2H3,(H,39,40)(H,33,34,38). The Hall–Kier alpha value is -4.60. The van der Waals surface area contributed by atoms with Crippen molar-refractivity contribution in [3.8, 4) is 0 Å². The van der Waals surface area contributed by atoms with Gasteiger partial charge >= 0.3 is 6.09 Å². The molecule has 44 heavy (non-hydrogen) atoms. The van der Waals surface area contributed by atoms with Crippen molar-refractivity contribution >= 4 is 49.9 Å². The molecule has 4 aromatic rings. The van der Waals surface area contributed by atoms with Crippen LogP contribution < -0.4 is 15.5 Å². The van der Waals surface area contributed by atoms with Crippen LogP contribution in [0.4, 0.5) is 30.8 Å². The lowest BCUT2D eigenvalue weighted by Crippen LogP contribution is -2.44. The number of hydrogen-bond donors (Lipinski definition) is 3. The molecule has 15 heteroatoms. The van der Waals surface area contributed by atoms with Crippen LogP contribution in [-0.4, -0.2) is 93.7 Å². The van der Waals surface area contributed by atoms with Crippen molar-refractivity contribution in [2.45, 2.75) is 9.79 Å². The number of anilines is 3. The first-order chi connectivity index (χ1) is 21.0. The van der Waals surface area contributed by atoms with Gasteiger partial charge in [0.15, 0.2) is 5.82 Å². The summed E-state index contributed by atoms with van der Waals surface area (Å²) in [6.45, 7) is 4.18. The first-order valence-corrected chi connectivity index (χ1v) is 15.0. The van der Waals surface area contributed by atoms with Gasteiger partial charge in [0.2, 0.25) is 9.84 Å². The van der Waals surface area contributed by atoms with E-state index < -0.39 is 38.4 Å². The van der Waals surface area contributed by atoms with E-state index in [4.69, 9.17) is 4.74 Å². The fourth-order valence-electron chi connectivity index (χ4n) is 4.92. The van der Waals surface area contributed by atoms with Gasteiger partial charge in [-0.05, 0) is 55.6 Å². The molecule has 232 valence electrons. The molecule has 0 spiro atoms. The van der Waals surface area contributed by atoms with E-state index in [1.807, 2.05) is 12.1 Å². The highest BCUT2D eigenvalue weighted by atomic mass is 32.2. The van der Waals surface area contributed by atoms with Gasteiger partial charge in [0.05, 0.1) is 27.5 Å². The van der Waals surface area contributed by atoms with Gasteiger partial charge in [-0.25, -0.2) is 22.0 Å². The molecule has 0 aliphatic carbocycles. The lowest BCUT2D eigenvalue weighted by atomic mass is 10.1. The van der Waals surface area contributed by atoms with Crippen molar-refractivity contribution in [3.63, 3.8) is 0 Å². The maximum absolute atomic E-state index is 13.8. The van der Waals surface area contributed by atoms with Crippen molar-refractivity contribution < 1.29 is 36.6 Å². The minimum atomic E-state index is -4.43. The number of carboxylic acid groups (broad SMARTS) is 1. The van der Waals surface area contributed by atoms with Crippen LogP contribution in [0.2, 0.25) is 0 Å². The summed E-state index contributed by atoms with van der Waals surface area (Å²) in [5.41, 5.74) is 1.64. The zero-order chi connectivity index (χ0) is 31.6. The second-order valence-electron chi connectivity index (χ2n) is 10.2. The number of likely N-dealkylation sites (N-methyl/N-ethyl adjacent to an activating group) is 1. The van der Waals surface area contributed by atoms with E-state index in [1.54, 1.807) is 13.2 Å². The molecule has 3 N–H and O–H groups in total. The van der Waals surface area contributed by atoms with Crippen LogP contribution in [0.5, 0.6) is 0 Å². The Balaban J connectivity index is 1.52. The summed E-state index contributed by atoms with van der Waals surface area (Å²) >= 11 is 0. The second-order valence-corrected chi connectivity index (χ2v) is 12.2. The maximum Gasteiger partial charge on any atom is 0.432 e. The number of carbonyl (C=O) groups is 2. The molecule has 1 saturated heterocycles. The Morgan fingerprint density at radius 2 is 1.68 bits per heavy atom. The summed E-state index contributed by atoms with van der Waals surface area (Å²) in [4.78, 5) is 29.0. The number of ether oxygens (including phenoxy) is 1. The van der Waals surface area contributed by atoms with Gasteiger partial charge in [0.1, 0.15) is 11.6 Å². The van der Waals surface area contributed by atoms with Gasteiger partial charge in [0.25, 0.3) is 5.91 Å². The number of methoxy groups -OCH3 is 1. The highest BCUT2D eigenvalue weighted by Crippen LogP contribution is 2.31. The molecule has 0 atom stereocenters. The van der Waals surface area contributed by atoms with Crippen LogP contribution in [0, 0.1) is 11.6 Å². The Morgan fingerprint density at radius 1 is 0.977 bits per heavy atom. The largest absolute Gasteiger partial charge is 0.463 e. The van der Waals surface area contributed by atoms with Crippen LogP contribution >= 0.6 is 0 Å². The number of aromatic nitrogens is 2. The van der Waals surface area contributed by atoms with Crippen molar-refractivity contribution in [1.82, 2.24) is 14.7 Å². The van der Waals surface area contributed by atoms with Gasteiger partial charge in [0, 0.05) is 62.7 Å². The third-order valence-electron chi connectivity index (χ3n) is 7.26. The second kappa shape index (κ2) is 12.6. The molecule has 1 aliphatic heterocycles. The lowest BCUT2D eigenvalue weighted by molar-refractivity contribution is 0.102. The number of halogens is 2. The van der Waals surface area contributed by atoms with Crippen molar-refractivity contribution in [2.24, 2.45) is 0 Å². The number of rotatable bonds is 9. The fourth-order valence-corrected chi connectivity index (χ4v) is 6.25. The number of nitrogens with one attached hydrogen (secondary N) is 2. The van der Waals surface area contributed by atoms with Crippen molar-refractivity contribution in [3.05, 3.63) is 71.8 Å². The molecule has 0 saturated carbocycles. The van der Waals surface area contributed by atoms with E-state index in [9.17, 15) is 31.9 Å². The number of nitrogens with zero attached hydrogens (tertiary/aromatic N) is 4. The Kier molecular flexibility index (Phi) is 8.80. The van der Waals surface area contributed by atoms with E-state index in [0.717, 1.165) is 44.0 Å². The van der Waals surface area contributed by atoms with Crippen LogP contribution in [-0.2, 0) is 14.6 Å². The van der Waals surface area contributed by atoms with Gasteiger partial charge < -0.3 is 30.3 Å². The molecule has 5 rings (SSSR count). The van der Waals surface area contributed by atoms with E-state index in [-0.39, 0.29) is 27.2 Å². The number of sulfone groups is 1. The molecule has 0 radical (unpaired) electrons. The molecular formula is C29H30F2N6O6S. The smallest absolute Gasteiger partial charge is 0.432 e. The van der Waals surface area contributed by atoms with Crippen LogP contribution in [0.25, 0.3) is 10.9 Å². The molecular weight excluding hydrogens is 598 g/mol. The highest BCUT2D eigenvalue weighted by Gasteiger charge is 2.25. The van der Waals surface area contributed by atoms with Crippen LogP contribution in [0.15, 0.2) is 64.4 Å². The molecule has 2 heterocycles. The zero-order valence-electron chi connectivity index (χ0n) is 23.9. The molecule has 12 nitrogen and oxygen atoms in total. The predicted molar refractivity (Wildman–Crippen MR) is 159 cm³/mol. The normalized spacial score (nSPS) is 14.1. The first-order valence-electron chi connectivity index (χ1n) is 13.6. The number of fused-ring (bicyclic) bond motifs is 1. The zero-order valence-corrected chi connectivity index (χ0v) is 24.7. The Bertz CT molecular complexity index is 1820. The Morgan fingerprint density at radius 3 is 2.34 bits per heavy atom. The molecule has 0 unspecified atom stereocenters. The summed E-state index contributed by atoms with van der Waals surface area (Å²) in [5, 5.41) is 19.5. The first kappa shape index (κ1) is 30.8. The molecule has 1 aliphatic rings. The van der Waals surface area contributed by atoms with Crippen LogP contribution in [0.3, 0.4) is 0 Å². The van der Waals surface area contributed by atoms with Gasteiger partial charge in [-0.1, -0.05) is 0 Å². The van der Waals surface area contributed by atoms with Gasteiger partial charge in [-0.2, -0.15) is 4.68 Å². The van der Waals surface area contributed by atoms with E-state index in [2.05, 4.69) is 32.6 Å². The third-order valence-corrected chi connectivity index (χ3v) is 8.99. The summed E-state index contributed by atoms with van der Waals surface area (Å²) in [7, 11) is -0.821. The highest BCUT2D eigenvalue weighted by molar-refractivity contribution is 7.91. The Labute approximate surface area is 251 Å². The average Bonchev–Trinajstić information content (AvgIpc) is 3.35. The number of benzene rings is 3. The van der Waals surface area contributed by atoms with E-state index in [0.29, 0.717) is 41.7 Å². The molecule has 1 fully saturated rings. The monoisotopic (exact) mass is 628 g/mol. The van der Waals surface area contributed by atoms with Crippen LogP contribution in [0.1, 0.15) is 10.4 Å². The number of amides is 1. The predicted octanol–water partition coefficient (Wildman–Crippen LogP) is 3.74. The van der Waals surface area contributed by atoms with Crippen molar-refractivity contribution in [1.29, 1.82) is 0 Å². The third kappa shape index (κ3) is 6.34. The SMILES string of the molecule is COCCNc1cc(N2CCN(C)CC2)ccc1C(=O)Nc1nn(C(=O)O)c2ccc(S(=O)(=O)c3cc(F)cc(F)c3)cc12. The maximum atomic E-state index is 13.8. The topological polar surface area (TPSA) is 146 Å². The summed E-state index contributed by atoms with van der Waals surface area (Å²) in [6, 6.07) is 10.6. The lowest BCUT2D eigenvalue weighted by Gasteiger charge is -2.34. The summed E-state index contributed by atoms with van der Waals surface area (Å²) in [6.07, 6.45) is -1.48. The van der Waals surface area contributed by atoms with Crippen molar-refractivity contribution in [2.75, 3.05) is 69.0 Å². The molecule has 1 aromatic heterocycles. The van der Waals surface area contributed by atoms with Gasteiger partial charge in [-0.15, -0.1) is 5.10 Å². The number of piperazine rings is 1. The quantitative estimate of drug-likeness (QED) is 0.234. The van der Waals surface area contributed by atoms with E-state index in [1.165, 1.54) is 6.07 Å². The number of hydrogen-bond acceptors (Lipinski definition) is 9. The fraction of sp³-hybridized carbons (Fsp3) is 0.276. The van der Waals surface area contributed by atoms with E-state index >= 15 is 0 Å². The van der Waals surface area contributed by atoms with Gasteiger partial charge in [-0.3, -0.25) is 4.79 Å².